The van der Waals surface area contributed by atoms with Gasteiger partial charge >= 0.3 is 0 Å². The number of benzene rings is 1. The molecule has 0 amide bonds. The van der Waals surface area contributed by atoms with Crippen LogP contribution in [0.3, 0.4) is 0 Å². The van der Waals surface area contributed by atoms with Crippen molar-refractivity contribution < 1.29 is 4.74 Å². The Morgan fingerprint density at radius 3 is 2.76 bits per heavy atom. The summed E-state index contributed by atoms with van der Waals surface area (Å²) in [5.74, 6) is 1.81. The van der Waals surface area contributed by atoms with Gasteiger partial charge in [-0.2, -0.15) is 0 Å². The molecule has 0 spiro atoms. The minimum atomic E-state index is 0.333. The quantitative estimate of drug-likeness (QED) is 0.688. The van der Waals surface area contributed by atoms with E-state index in [-0.39, 0.29) is 0 Å². The van der Waals surface area contributed by atoms with Gasteiger partial charge in [-0.25, -0.2) is 4.98 Å². The van der Waals surface area contributed by atoms with Gasteiger partial charge in [-0.1, -0.05) is 12.1 Å². The van der Waals surface area contributed by atoms with E-state index in [1.807, 2.05) is 0 Å². The zero-order chi connectivity index (χ0) is 17.8. The smallest absolute Gasteiger partial charge is 0.114 e. The molecule has 0 aliphatic carbocycles. The first kappa shape index (κ1) is 18.4. The molecule has 138 valence electrons. The number of para-hydroxylation sites is 2. The molecule has 0 N–H and O–H groups in total. The summed E-state index contributed by atoms with van der Waals surface area (Å²) in [4.78, 5) is 7.62. The van der Waals surface area contributed by atoms with Crippen molar-refractivity contribution in [1.82, 2.24) is 14.5 Å². The molecule has 1 aromatic carbocycles. The molecule has 1 aliphatic heterocycles. The maximum Gasteiger partial charge on any atom is 0.114 e. The van der Waals surface area contributed by atoms with Crippen LogP contribution in [0.2, 0.25) is 0 Å². The Hall–Kier alpha value is -1.39. The lowest BCUT2D eigenvalue weighted by Crippen LogP contribution is -2.36. The lowest BCUT2D eigenvalue weighted by Gasteiger charge is -2.33. The Kier molecular flexibility index (Phi) is 6.13. The Morgan fingerprint density at radius 2 is 2.00 bits per heavy atom. The van der Waals surface area contributed by atoms with Crippen molar-refractivity contribution >= 4 is 11.0 Å². The maximum absolute atomic E-state index is 5.69. The van der Waals surface area contributed by atoms with Crippen molar-refractivity contribution in [2.75, 3.05) is 26.2 Å². The van der Waals surface area contributed by atoms with Crippen LogP contribution in [-0.4, -0.2) is 46.8 Å². The molecule has 4 nitrogen and oxygen atoms in total. The van der Waals surface area contributed by atoms with Crippen LogP contribution < -0.4 is 0 Å². The molecule has 0 radical (unpaired) electrons. The van der Waals surface area contributed by atoms with E-state index < -0.39 is 0 Å². The highest BCUT2D eigenvalue weighted by Crippen LogP contribution is 2.31. The number of rotatable bonds is 7. The Bertz CT molecular complexity index is 677. The van der Waals surface area contributed by atoms with Crippen molar-refractivity contribution in [3.63, 3.8) is 0 Å². The average molecular weight is 344 g/mol. The van der Waals surface area contributed by atoms with Crippen molar-refractivity contribution in [3.8, 4) is 0 Å². The van der Waals surface area contributed by atoms with Crippen LogP contribution >= 0.6 is 0 Å². The van der Waals surface area contributed by atoms with Crippen LogP contribution in [0, 0.1) is 0 Å². The molecule has 0 unspecified atom stereocenters. The molecule has 1 fully saturated rings. The van der Waals surface area contributed by atoms with Crippen LogP contribution in [0.4, 0.5) is 0 Å². The molecule has 0 saturated carbocycles. The Balaban J connectivity index is 1.71. The molecular formula is C21H33N3O. The van der Waals surface area contributed by atoms with E-state index in [2.05, 4.69) is 61.4 Å². The molecule has 2 heterocycles. The summed E-state index contributed by atoms with van der Waals surface area (Å²) in [5.41, 5.74) is 2.41. The summed E-state index contributed by atoms with van der Waals surface area (Å²) in [6.07, 6.45) is 3.96. The second kappa shape index (κ2) is 8.33. The third-order valence-electron chi connectivity index (χ3n) is 5.08. The van der Waals surface area contributed by atoms with Crippen LogP contribution in [0.5, 0.6) is 0 Å². The molecule has 25 heavy (non-hydrogen) atoms. The molecular weight excluding hydrogens is 310 g/mol. The topological polar surface area (TPSA) is 30.3 Å². The van der Waals surface area contributed by atoms with E-state index in [1.165, 1.54) is 30.7 Å². The van der Waals surface area contributed by atoms with Crippen molar-refractivity contribution in [2.45, 2.75) is 65.0 Å². The molecule has 0 bridgehead atoms. The average Bonchev–Trinajstić information content (AvgIpc) is 2.98. The van der Waals surface area contributed by atoms with E-state index in [4.69, 9.17) is 9.72 Å². The number of fused-ring (bicyclic) bond motifs is 1. The van der Waals surface area contributed by atoms with Gasteiger partial charge in [0.25, 0.3) is 0 Å². The van der Waals surface area contributed by atoms with Gasteiger partial charge in [0.05, 0.1) is 17.1 Å². The molecule has 4 heteroatoms. The van der Waals surface area contributed by atoms with Gasteiger partial charge in [-0.05, 0) is 65.6 Å². The highest BCUT2D eigenvalue weighted by atomic mass is 16.5. The van der Waals surface area contributed by atoms with Gasteiger partial charge < -0.3 is 14.2 Å². The summed E-state index contributed by atoms with van der Waals surface area (Å²) >= 11 is 0. The number of piperidine rings is 1. The monoisotopic (exact) mass is 343 g/mol. The maximum atomic E-state index is 5.69. The molecule has 1 aliphatic rings. The number of aromatic nitrogens is 2. The first-order valence-electron chi connectivity index (χ1n) is 9.87. The van der Waals surface area contributed by atoms with Gasteiger partial charge in [0.15, 0.2) is 0 Å². The minimum absolute atomic E-state index is 0.333. The van der Waals surface area contributed by atoms with Crippen LogP contribution in [0.15, 0.2) is 24.3 Å². The van der Waals surface area contributed by atoms with Crippen LogP contribution in [0.1, 0.15) is 64.7 Å². The minimum Gasteiger partial charge on any atom is -0.379 e. The van der Waals surface area contributed by atoms with Crippen LogP contribution in [-0.2, 0) is 4.74 Å². The zero-order valence-corrected chi connectivity index (χ0v) is 16.2. The second-order valence-corrected chi connectivity index (χ2v) is 7.84. The normalized spacial score (nSPS) is 19.4. The predicted octanol–water partition coefficient (Wildman–Crippen LogP) is 4.61. The fourth-order valence-electron chi connectivity index (χ4n) is 3.97. The SMILES string of the molecule is CC(C)OCCCN1CCC[C@@H](c2nc3ccccc3n2C(C)C)C1. The van der Waals surface area contributed by atoms with Crippen molar-refractivity contribution in [3.05, 3.63) is 30.1 Å². The highest BCUT2D eigenvalue weighted by molar-refractivity contribution is 5.76. The summed E-state index contributed by atoms with van der Waals surface area (Å²) in [6.45, 7) is 13.1. The summed E-state index contributed by atoms with van der Waals surface area (Å²) in [6, 6.07) is 8.99. The Labute approximate surface area is 152 Å². The highest BCUT2D eigenvalue weighted by Gasteiger charge is 2.26. The Morgan fingerprint density at radius 1 is 1.20 bits per heavy atom. The van der Waals surface area contributed by atoms with Crippen LogP contribution in [0.25, 0.3) is 11.0 Å². The first-order valence-corrected chi connectivity index (χ1v) is 9.87. The van der Waals surface area contributed by atoms with E-state index in [0.29, 0.717) is 18.1 Å². The van der Waals surface area contributed by atoms with Gasteiger partial charge in [0, 0.05) is 31.7 Å². The van der Waals surface area contributed by atoms with Gasteiger partial charge in [0.2, 0.25) is 0 Å². The molecule has 1 aromatic heterocycles. The number of likely N-dealkylation sites (tertiary alicyclic amines) is 1. The lowest BCUT2D eigenvalue weighted by molar-refractivity contribution is 0.0679. The summed E-state index contributed by atoms with van der Waals surface area (Å²) in [7, 11) is 0. The van der Waals surface area contributed by atoms with Gasteiger partial charge in [0.1, 0.15) is 5.82 Å². The molecule has 1 saturated heterocycles. The zero-order valence-electron chi connectivity index (χ0n) is 16.2. The third-order valence-corrected chi connectivity index (χ3v) is 5.08. The summed E-state index contributed by atoms with van der Waals surface area (Å²) in [5, 5.41) is 0. The number of hydrogen-bond acceptors (Lipinski definition) is 3. The number of ether oxygens (including phenoxy) is 1. The van der Waals surface area contributed by atoms with E-state index in [9.17, 15) is 0 Å². The fraction of sp³-hybridized carbons (Fsp3) is 0.667. The van der Waals surface area contributed by atoms with Crippen molar-refractivity contribution in [1.29, 1.82) is 0 Å². The fourth-order valence-corrected chi connectivity index (χ4v) is 3.97. The van der Waals surface area contributed by atoms with E-state index >= 15 is 0 Å². The largest absolute Gasteiger partial charge is 0.379 e. The van der Waals surface area contributed by atoms with Crippen molar-refractivity contribution in [2.24, 2.45) is 0 Å². The number of hydrogen-bond donors (Lipinski definition) is 0. The van der Waals surface area contributed by atoms with Gasteiger partial charge in [-0.15, -0.1) is 0 Å². The second-order valence-electron chi connectivity index (χ2n) is 7.84. The predicted molar refractivity (Wildman–Crippen MR) is 104 cm³/mol. The third kappa shape index (κ3) is 4.42. The molecule has 2 aromatic rings. The summed E-state index contributed by atoms with van der Waals surface area (Å²) < 4.78 is 8.14. The lowest BCUT2D eigenvalue weighted by atomic mass is 9.96. The van der Waals surface area contributed by atoms with Gasteiger partial charge in [-0.3, -0.25) is 0 Å². The number of imidazole rings is 1. The van der Waals surface area contributed by atoms with E-state index in [1.54, 1.807) is 0 Å². The first-order chi connectivity index (χ1) is 12.1. The standard InChI is InChI=1S/C21H33N3O/c1-16(2)24-20-11-6-5-10-19(20)22-21(24)18-9-7-12-23(15-18)13-8-14-25-17(3)4/h5-6,10-11,16-18H,7-9,12-15H2,1-4H3/t18-/m1/s1. The molecule has 1 atom stereocenters. The van der Waals surface area contributed by atoms with E-state index in [0.717, 1.165) is 31.6 Å². The number of nitrogens with zero attached hydrogens (tertiary/aromatic N) is 3. The molecule has 3 rings (SSSR count).